The Hall–Kier alpha value is -2.30. The smallest absolute Gasteiger partial charge is 0.310 e. The van der Waals surface area contributed by atoms with Crippen molar-refractivity contribution in [1.82, 2.24) is 9.88 Å². The fourth-order valence-electron chi connectivity index (χ4n) is 5.23. The molecule has 0 saturated heterocycles. The van der Waals surface area contributed by atoms with Crippen molar-refractivity contribution in [2.24, 2.45) is 24.8 Å². The van der Waals surface area contributed by atoms with E-state index in [1.165, 1.54) is 25.7 Å². The van der Waals surface area contributed by atoms with Crippen molar-refractivity contribution in [2.75, 3.05) is 6.61 Å². The number of hydrogen-bond acceptors (Lipinski definition) is 3. The molecule has 5 nitrogen and oxygen atoms in total. The number of nitrogens with one attached hydrogen (secondary N) is 1. The molecule has 2 fully saturated rings. The summed E-state index contributed by atoms with van der Waals surface area (Å²) in [5.74, 6) is 1.64. The van der Waals surface area contributed by atoms with Gasteiger partial charge in [-0.3, -0.25) is 9.59 Å². The number of esters is 1. The van der Waals surface area contributed by atoms with Gasteiger partial charge < -0.3 is 14.6 Å². The summed E-state index contributed by atoms with van der Waals surface area (Å²) in [5.41, 5.74) is 2.01. The highest BCUT2D eigenvalue weighted by molar-refractivity contribution is 5.88. The largest absolute Gasteiger partial charge is 0.455 e. The van der Waals surface area contributed by atoms with E-state index in [0.29, 0.717) is 5.92 Å². The lowest BCUT2D eigenvalue weighted by Gasteiger charge is -2.28. The standard InChI is InChI=1S/C22H28N2O3/c1-14(19-10-15-7-8-16(19)9-15)23-21(25)13-27-22(26)11-17-12-24(2)20-6-4-3-5-18(17)20/h3-6,12,14-16,19H,7-11,13H2,1-2H3,(H,23,25)/t14-,15-,16-,19-/m0/s1. The van der Waals surface area contributed by atoms with Gasteiger partial charge in [-0.1, -0.05) is 24.6 Å². The van der Waals surface area contributed by atoms with Gasteiger partial charge in [0, 0.05) is 30.2 Å². The topological polar surface area (TPSA) is 60.3 Å². The molecule has 1 aromatic carbocycles. The van der Waals surface area contributed by atoms with Crippen molar-refractivity contribution in [3.05, 3.63) is 36.0 Å². The monoisotopic (exact) mass is 368 g/mol. The van der Waals surface area contributed by atoms with Crippen molar-refractivity contribution in [3.8, 4) is 0 Å². The summed E-state index contributed by atoms with van der Waals surface area (Å²) in [6.45, 7) is 1.88. The van der Waals surface area contributed by atoms with E-state index < -0.39 is 0 Å². The zero-order chi connectivity index (χ0) is 19.0. The molecule has 5 heteroatoms. The molecule has 144 valence electrons. The Balaban J connectivity index is 1.27. The summed E-state index contributed by atoms with van der Waals surface area (Å²) >= 11 is 0. The van der Waals surface area contributed by atoms with Crippen LogP contribution in [0.4, 0.5) is 0 Å². The van der Waals surface area contributed by atoms with E-state index in [1.807, 2.05) is 42.1 Å². The number of amides is 1. The van der Waals surface area contributed by atoms with Crippen LogP contribution >= 0.6 is 0 Å². The van der Waals surface area contributed by atoms with Gasteiger partial charge in [-0.05, 0) is 55.6 Å². The predicted molar refractivity (Wildman–Crippen MR) is 104 cm³/mol. The third kappa shape index (κ3) is 3.73. The highest BCUT2D eigenvalue weighted by Gasteiger charge is 2.42. The predicted octanol–water partition coefficient (Wildman–Crippen LogP) is 3.20. The Morgan fingerprint density at radius 1 is 1.26 bits per heavy atom. The van der Waals surface area contributed by atoms with Crippen molar-refractivity contribution in [2.45, 2.75) is 45.1 Å². The van der Waals surface area contributed by atoms with Crippen molar-refractivity contribution >= 4 is 22.8 Å². The van der Waals surface area contributed by atoms with Crippen LogP contribution < -0.4 is 5.32 Å². The summed E-state index contributed by atoms with van der Waals surface area (Å²) < 4.78 is 7.23. The van der Waals surface area contributed by atoms with Gasteiger partial charge in [-0.25, -0.2) is 0 Å². The lowest BCUT2D eigenvalue weighted by Crippen LogP contribution is -2.42. The second-order valence-electron chi connectivity index (χ2n) is 8.31. The number of fused-ring (bicyclic) bond motifs is 3. The first kappa shape index (κ1) is 18.1. The van der Waals surface area contributed by atoms with Crippen LogP contribution in [0, 0.1) is 17.8 Å². The van der Waals surface area contributed by atoms with Gasteiger partial charge in [0.05, 0.1) is 6.42 Å². The first-order chi connectivity index (χ1) is 13.0. The molecule has 2 aromatic rings. The fraction of sp³-hybridized carbons (Fsp3) is 0.545. The molecule has 0 radical (unpaired) electrons. The Bertz CT molecular complexity index is 856. The average Bonchev–Trinajstić information content (AvgIpc) is 3.36. The second-order valence-corrected chi connectivity index (χ2v) is 8.31. The average molecular weight is 368 g/mol. The molecule has 1 heterocycles. The van der Waals surface area contributed by atoms with E-state index in [4.69, 9.17) is 4.74 Å². The summed E-state index contributed by atoms with van der Waals surface area (Å²) in [6.07, 6.45) is 7.33. The third-order valence-electron chi connectivity index (χ3n) is 6.50. The van der Waals surface area contributed by atoms with E-state index in [-0.39, 0.29) is 30.9 Å². The van der Waals surface area contributed by atoms with Gasteiger partial charge >= 0.3 is 5.97 Å². The molecule has 0 aliphatic heterocycles. The highest BCUT2D eigenvalue weighted by atomic mass is 16.5. The van der Waals surface area contributed by atoms with Crippen LogP contribution in [0.15, 0.2) is 30.5 Å². The van der Waals surface area contributed by atoms with Crippen LogP contribution in [0.3, 0.4) is 0 Å². The molecule has 4 atom stereocenters. The van der Waals surface area contributed by atoms with Crippen LogP contribution in [0.25, 0.3) is 10.9 Å². The Kier molecular flexibility index (Phi) is 4.94. The van der Waals surface area contributed by atoms with Crippen molar-refractivity contribution in [1.29, 1.82) is 0 Å². The van der Waals surface area contributed by atoms with Crippen LogP contribution in [0.2, 0.25) is 0 Å². The maximum Gasteiger partial charge on any atom is 0.310 e. The minimum absolute atomic E-state index is 0.157. The number of para-hydroxylation sites is 1. The number of rotatable bonds is 6. The fourth-order valence-corrected chi connectivity index (χ4v) is 5.23. The van der Waals surface area contributed by atoms with Crippen LogP contribution in [-0.2, 0) is 27.8 Å². The van der Waals surface area contributed by atoms with Gasteiger partial charge in [0.25, 0.3) is 5.91 Å². The molecular formula is C22H28N2O3. The summed E-state index contributed by atoms with van der Waals surface area (Å²) in [5, 5.41) is 4.09. The van der Waals surface area contributed by atoms with Crippen LogP contribution in [0.5, 0.6) is 0 Å². The summed E-state index contributed by atoms with van der Waals surface area (Å²) in [4.78, 5) is 24.4. The molecule has 1 amide bonds. The van der Waals surface area contributed by atoms with E-state index in [0.717, 1.165) is 28.3 Å². The van der Waals surface area contributed by atoms with Gasteiger partial charge in [-0.2, -0.15) is 0 Å². The zero-order valence-corrected chi connectivity index (χ0v) is 16.1. The lowest BCUT2D eigenvalue weighted by atomic mass is 9.84. The molecule has 2 bridgehead atoms. The first-order valence-corrected chi connectivity index (χ1v) is 9.99. The van der Waals surface area contributed by atoms with Crippen molar-refractivity contribution in [3.63, 3.8) is 0 Å². The SMILES string of the molecule is C[C@H](NC(=O)COC(=O)Cc1cn(C)c2ccccc12)[C@@H]1C[C@H]2CC[C@H]1C2. The second kappa shape index (κ2) is 7.37. The highest BCUT2D eigenvalue weighted by Crippen LogP contribution is 2.49. The summed E-state index contributed by atoms with van der Waals surface area (Å²) in [6, 6.07) is 8.12. The Morgan fingerprint density at radius 2 is 2.07 bits per heavy atom. The van der Waals surface area contributed by atoms with E-state index in [1.54, 1.807) is 0 Å². The van der Waals surface area contributed by atoms with Crippen LogP contribution in [0.1, 0.15) is 38.2 Å². The van der Waals surface area contributed by atoms with Gasteiger partial charge in [0.1, 0.15) is 0 Å². The molecule has 0 unspecified atom stereocenters. The lowest BCUT2D eigenvalue weighted by molar-refractivity contribution is -0.148. The molecule has 27 heavy (non-hydrogen) atoms. The summed E-state index contributed by atoms with van der Waals surface area (Å²) in [7, 11) is 1.96. The third-order valence-corrected chi connectivity index (χ3v) is 6.50. The number of aryl methyl sites for hydroxylation is 1. The number of aromatic nitrogens is 1. The minimum atomic E-state index is -0.367. The molecule has 2 aliphatic carbocycles. The first-order valence-electron chi connectivity index (χ1n) is 9.99. The molecule has 0 spiro atoms. The Morgan fingerprint density at radius 3 is 2.81 bits per heavy atom. The van der Waals surface area contributed by atoms with E-state index in [2.05, 4.69) is 12.2 Å². The number of carbonyl (C=O) groups is 2. The van der Waals surface area contributed by atoms with Gasteiger partial charge in [0.15, 0.2) is 6.61 Å². The molecule has 2 saturated carbocycles. The van der Waals surface area contributed by atoms with Crippen LogP contribution in [-0.4, -0.2) is 29.1 Å². The number of nitrogens with zero attached hydrogens (tertiary/aromatic N) is 1. The molecular weight excluding hydrogens is 340 g/mol. The molecule has 1 N–H and O–H groups in total. The maximum atomic E-state index is 12.2. The van der Waals surface area contributed by atoms with Gasteiger partial charge in [-0.15, -0.1) is 0 Å². The number of benzene rings is 1. The molecule has 4 rings (SSSR count). The quantitative estimate of drug-likeness (QED) is 0.797. The molecule has 2 aliphatic rings. The Labute approximate surface area is 160 Å². The van der Waals surface area contributed by atoms with E-state index >= 15 is 0 Å². The normalized spacial score (nSPS) is 24.9. The molecule has 1 aromatic heterocycles. The maximum absolute atomic E-state index is 12.2. The van der Waals surface area contributed by atoms with Crippen molar-refractivity contribution < 1.29 is 14.3 Å². The van der Waals surface area contributed by atoms with Gasteiger partial charge in [0.2, 0.25) is 0 Å². The zero-order valence-electron chi connectivity index (χ0n) is 16.1. The number of carbonyl (C=O) groups excluding carboxylic acids is 2. The minimum Gasteiger partial charge on any atom is -0.455 e. The van der Waals surface area contributed by atoms with E-state index in [9.17, 15) is 9.59 Å². The number of ether oxygens (including phenoxy) is 1. The number of hydrogen-bond donors (Lipinski definition) is 1.